The molecule has 0 fully saturated rings. The monoisotopic (exact) mass is 520 g/mol. The summed E-state index contributed by atoms with van der Waals surface area (Å²) in [5.41, 5.74) is -1.03. The highest BCUT2D eigenvalue weighted by molar-refractivity contribution is 6.31. The molecule has 0 bridgehead atoms. The minimum Gasteiger partial charge on any atom is -0.507 e. The maximum Gasteiger partial charge on any atom is 0.226 e. The van der Waals surface area contributed by atoms with Crippen LogP contribution in [0.3, 0.4) is 0 Å². The van der Waals surface area contributed by atoms with Crippen LogP contribution in [0.1, 0.15) is 48.7 Å². The van der Waals surface area contributed by atoms with Crippen molar-refractivity contribution < 1.29 is 38.9 Å². The van der Waals surface area contributed by atoms with Crippen LogP contribution in [-0.4, -0.2) is 47.1 Å². The fraction of sp³-hybridized carbons (Fsp3) is 0.286. The molecular weight excluding hydrogens is 492 g/mol. The molecule has 2 aromatic rings. The number of aromatic hydroxyl groups is 2. The number of carbonyl (C=O) groups excluding carboxylic acids is 4. The minimum absolute atomic E-state index is 0.0194. The van der Waals surface area contributed by atoms with Crippen molar-refractivity contribution in [2.75, 3.05) is 19.0 Å². The van der Waals surface area contributed by atoms with E-state index in [1.165, 1.54) is 20.8 Å². The van der Waals surface area contributed by atoms with Gasteiger partial charge in [0, 0.05) is 36.0 Å². The number of methoxy groups -OCH3 is 1. The Morgan fingerprint density at radius 2 is 1.74 bits per heavy atom. The molecule has 198 valence electrons. The highest BCUT2D eigenvalue weighted by Crippen LogP contribution is 2.57. The van der Waals surface area contributed by atoms with Gasteiger partial charge < -0.3 is 30.3 Å². The smallest absolute Gasteiger partial charge is 0.226 e. The molecule has 1 heterocycles. The van der Waals surface area contributed by atoms with E-state index in [1.807, 2.05) is 0 Å². The first-order valence-electron chi connectivity index (χ1n) is 11.9. The van der Waals surface area contributed by atoms with Crippen LogP contribution in [-0.2, 0) is 19.8 Å². The highest BCUT2D eigenvalue weighted by atomic mass is 16.5. The molecule has 1 aliphatic carbocycles. The molecule has 1 unspecified atom stereocenters. The Morgan fingerprint density at radius 1 is 1.08 bits per heavy atom. The molecule has 1 atom stereocenters. The number of anilines is 1. The number of ether oxygens (including phenoxy) is 2. The zero-order valence-electron chi connectivity index (χ0n) is 21.6. The third-order valence-corrected chi connectivity index (χ3v) is 6.88. The zero-order chi connectivity index (χ0) is 27.9. The van der Waals surface area contributed by atoms with Crippen LogP contribution in [0, 0.1) is 6.92 Å². The molecule has 10 nitrogen and oxygen atoms in total. The van der Waals surface area contributed by atoms with Crippen molar-refractivity contribution in [1.82, 2.24) is 5.32 Å². The molecule has 10 heteroatoms. The van der Waals surface area contributed by atoms with Crippen LogP contribution >= 0.6 is 0 Å². The third-order valence-electron chi connectivity index (χ3n) is 6.88. The van der Waals surface area contributed by atoms with Crippen molar-refractivity contribution in [2.45, 2.75) is 39.5 Å². The lowest BCUT2D eigenvalue weighted by Crippen LogP contribution is -2.41. The average molecular weight is 521 g/mol. The summed E-state index contributed by atoms with van der Waals surface area (Å²) in [4.78, 5) is 51.4. The molecule has 2 aromatic carbocycles. The van der Waals surface area contributed by atoms with Crippen LogP contribution in [0.2, 0.25) is 0 Å². The summed E-state index contributed by atoms with van der Waals surface area (Å²) in [5.74, 6) is -2.42. The maximum absolute atomic E-state index is 13.8. The van der Waals surface area contributed by atoms with Gasteiger partial charge in [-0.15, -0.1) is 0 Å². The molecule has 0 radical (unpaired) electrons. The number of phenolic OH excluding ortho intramolecular Hbond substituents is 2. The second-order valence-electron chi connectivity index (χ2n) is 9.34. The maximum atomic E-state index is 13.8. The van der Waals surface area contributed by atoms with Gasteiger partial charge in [0.05, 0.1) is 18.2 Å². The molecule has 0 spiro atoms. The van der Waals surface area contributed by atoms with E-state index in [0.717, 1.165) is 6.08 Å². The minimum atomic E-state index is -1.60. The van der Waals surface area contributed by atoms with Gasteiger partial charge in [-0.05, 0) is 52.0 Å². The largest absolute Gasteiger partial charge is 0.507 e. The molecule has 2 aliphatic rings. The van der Waals surface area contributed by atoms with Gasteiger partial charge in [0.2, 0.25) is 5.91 Å². The van der Waals surface area contributed by atoms with Crippen LogP contribution in [0.15, 0.2) is 47.4 Å². The number of Topliss-reactive ketones (excluding diaryl/α,β-unsaturated/α-hetero) is 2. The molecule has 1 aliphatic heterocycles. The number of phenols is 2. The summed E-state index contributed by atoms with van der Waals surface area (Å²) in [6.45, 7) is 5.83. The van der Waals surface area contributed by atoms with Crippen LogP contribution < -0.4 is 20.1 Å². The fourth-order valence-corrected chi connectivity index (χ4v) is 4.71. The molecule has 1 amide bonds. The molecule has 4 rings (SSSR count). The lowest BCUT2D eigenvalue weighted by molar-refractivity contribution is -0.123. The number of amides is 1. The van der Waals surface area contributed by atoms with Crippen molar-refractivity contribution in [3.8, 4) is 23.0 Å². The Balaban J connectivity index is 1.58. The van der Waals surface area contributed by atoms with Gasteiger partial charge in [0.1, 0.15) is 39.7 Å². The van der Waals surface area contributed by atoms with Gasteiger partial charge in [-0.2, -0.15) is 0 Å². The van der Waals surface area contributed by atoms with Crippen molar-refractivity contribution in [3.63, 3.8) is 0 Å². The summed E-state index contributed by atoms with van der Waals surface area (Å²) >= 11 is 0. The van der Waals surface area contributed by atoms with Crippen LogP contribution in [0.4, 0.5) is 5.69 Å². The first-order chi connectivity index (χ1) is 17.9. The van der Waals surface area contributed by atoms with E-state index in [1.54, 1.807) is 38.3 Å². The fourth-order valence-electron chi connectivity index (χ4n) is 4.71. The van der Waals surface area contributed by atoms with Gasteiger partial charge in [-0.1, -0.05) is 0 Å². The number of allylic oxidation sites excluding steroid dienone is 4. The van der Waals surface area contributed by atoms with E-state index in [9.17, 15) is 29.4 Å². The van der Waals surface area contributed by atoms with Gasteiger partial charge in [-0.3, -0.25) is 19.2 Å². The first kappa shape index (κ1) is 26.5. The van der Waals surface area contributed by atoms with Crippen molar-refractivity contribution in [1.29, 1.82) is 0 Å². The topological polar surface area (TPSA) is 151 Å². The molecule has 38 heavy (non-hydrogen) atoms. The number of benzene rings is 2. The summed E-state index contributed by atoms with van der Waals surface area (Å²) in [7, 11) is 1.55. The van der Waals surface area contributed by atoms with Gasteiger partial charge in [0.15, 0.2) is 17.3 Å². The Labute approximate surface area is 218 Å². The SMILES string of the molecule is COc1ccc(NC(=O)CCNC(C)=C2C(=O)C=C3Oc4c(C(C)=O)c(O)c(C)c(O)c4C3(C)C2=O)cc1. The number of rotatable bonds is 7. The van der Waals surface area contributed by atoms with Gasteiger partial charge in [0.25, 0.3) is 0 Å². The van der Waals surface area contributed by atoms with E-state index >= 15 is 0 Å². The Kier molecular flexibility index (Phi) is 6.75. The van der Waals surface area contributed by atoms with E-state index in [2.05, 4.69) is 10.6 Å². The quantitative estimate of drug-likeness (QED) is 0.245. The molecular formula is C28H28N2O8. The number of carbonyl (C=O) groups is 4. The van der Waals surface area contributed by atoms with Crippen molar-refractivity contribution in [3.05, 3.63) is 64.1 Å². The number of hydrogen-bond donors (Lipinski definition) is 4. The van der Waals surface area contributed by atoms with Crippen LogP contribution in [0.5, 0.6) is 23.0 Å². The second kappa shape index (κ2) is 9.70. The predicted molar refractivity (Wildman–Crippen MR) is 138 cm³/mol. The number of nitrogens with one attached hydrogen (secondary N) is 2. The average Bonchev–Trinajstić information content (AvgIpc) is 3.15. The molecule has 0 saturated carbocycles. The summed E-state index contributed by atoms with van der Waals surface area (Å²) < 4.78 is 10.8. The van der Waals surface area contributed by atoms with E-state index < -0.39 is 34.3 Å². The summed E-state index contributed by atoms with van der Waals surface area (Å²) in [6, 6.07) is 6.85. The zero-order valence-corrected chi connectivity index (χ0v) is 21.6. The Hall–Kier alpha value is -4.60. The molecule has 4 N–H and O–H groups in total. The molecule has 0 saturated heterocycles. The Morgan fingerprint density at radius 3 is 2.34 bits per heavy atom. The highest BCUT2D eigenvalue weighted by Gasteiger charge is 2.56. The van der Waals surface area contributed by atoms with E-state index in [0.29, 0.717) is 11.4 Å². The second-order valence-corrected chi connectivity index (χ2v) is 9.34. The van der Waals surface area contributed by atoms with Crippen molar-refractivity contribution in [2.24, 2.45) is 0 Å². The van der Waals surface area contributed by atoms with Crippen molar-refractivity contribution >= 4 is 28.9 Å². The first-order valence-corrected chi connectivity index (χ1v) is 11.9. The Bertz CT molecular complexity index is 1450. The standard InChI is InChI=1S/C28H28N2O8/c1-13-24(34)22(15(3)31)26-23(25(13)35)28(4)19(38-26)12-18(32)21(27(28)36)14(2)29-11-10-20(33)30-16-6-8-17(37-5)9-7-16/h6-9,12,29,34-35H,10-11H2,1-5H3,(H,30,33). The number of ketones is 3. The molecule has 0 aromatic heterocycles. The number of hydrogen-bond acceptors (Lipinski definition) is 9. The third kappa shape index (κ3) is 4.17. The lowest BCUT2D eigenvalue weighted by atomic mass is 9.70. The number of fused-ring (bicyclic) bond motifs is 3. The van der Waals surface area contributed by atoms with Crippen LogP contribution in [0.25, 0.3) is 0 Å². The van der Waals surface area contributed by atoms with Gasteiger partial charge in [-0.25, -0.2) is 0 Å². The summed E-state index contributed by atoms with van der Waals surface area (Å²) in [5, 5.41) is 27.0. The normalized spacial score (nSPS) is 19.1. The summed E-state index contributed by atoms with van der Waals surface area (Å²) in [6.07, 6.45) is 1.21. The predicted octanol–water partition coefficient (Wildman–Crippen LogP) is 3.20. The van der Waals surface area contributed by atoms with E-state index in [4.69, 9.17) is 9.47 Å². The van der Waals surface area contributed by atoms with Gasteiger partial charge >= 0.3 is 0 Å². The van der Waals surface area contributed by atoms with E-state index in [-0.39, 0.29) is 58.3 Å². The lowest BCUT2D eigenvalue weighted by Gasteiger charge is -2.29.